The molecule has 0 atom stereocenters. The number of nitrogens with zero attached hydrogens (tertiary/aromatic N) is 2. The first kappa shape index (κ1) is 23.9. The summed E-state index contributed by atoms with van der Waals surface area (Å²) in [6, 6.07) is 0. The zero-order chi connectivity index (χ0) is 17.0. The zero-order valence-electron chi connectivity index (χ0n) is 15.9. The van der Waals surface area contributed by atoms with Crippen LogP contribution in [0.3, 0.4) is 0 Å². The molecule has 24 heavy (non-hydrogen) atoms. The minimum absolute atomic E-state index is 0. The number of likely N-dealkylation sites (N-methyl/N-ethyl adjacent to an activating group) is 1. The Kier molecular flexibility index (Phi) is 14.0. The highest BCUT2D eigenvalue weighted by Gasteiger charge is 2.36. The van der Waals surface area contributed by atoms with Gasteiger partial charge in [-0.2, -0.15) is 0 Å². The quantitative estimate of drug-likeness (QED) is 0.267. The Morgan fingerprint density at radius 2 is 1.83 bits per heavy atom. The van der Waals surface area contributed by atoms with Gasteiger partial charge in [0.2, 0.25) is 0 Å². The van der Waals surface area contributed by atoms with Gasteiger partial charge in [-0.15, -0.1) is 24.0 Å². The first-order chi connectivity index (χ1) is 11.2. The van der Waals surface area contributed by atoms with Gasteiger partial charge in [0.1, 0.15) is 0 Å². The van der Waals surface area contributed by atoms with Crippen LogP contribution in [0.15, 0.2) is 4.99 Å². The van der Waals surface area contributed by atoms with Gasteiger partial charge < -0.3 is 25.0 Å². The Bertz CT molecular complexity index is 339. The highest BCUT2D eigenvalue weighted by molar-refractivity contribution is 14.0. The van der Waals surface area contributed by atoms with Crippen molar-refractivity contribution in [1.29, 1.82) is 0 Å². The topological polar surface area (TPSA) is 58.1 Å². The lowest BCUT2D eigenvalue weighted by molar-refractivity contribution is 0.0778. The lowest BCUT2D eigenvalue weighted by Gasteiger charge is -2.40. The summed E-state index contributed by atoms with van der Waals surface area (Å²) in [6.07, 6.45) is 5.00. The molecule has 1 aliphatic rings. The summed E-state index contributed by atoms with van der Waals surface area (Å²) in [5.41, 5.74) is 0.369. The van der Waals surface area contributed by atoms with Crippen molar-refractivity contribution in [3.05, 3.63) is 0 Å². The van der Waals surface area contributed by atoms with Gasteiger partial charge in [-0.05, 0) is 38.6 Å². The van der Waals surface area contributed by atoms with Crippen molar-refractivity contribution < 1.29 is 9.47 Å². The molecule has 0 spiro atoms. The molecule has 0 radical (unpaired) electrons. The predicted octanol–water partition coefficient (Wildman–Crippen LogP) is 1.94. The first-order valence-corrected chi connectivity index (χ1v) is 8.84. The highest BCUT2D eigenvalue weighted by atomic mass is 127. The molecule has 1 aliphatic carbocycles. The molecule has 144 valence electrons. The van der Waals surface area contributed by atoms with Crippen molar-refractivity contribution in [1.82, 2.24) is 15.5 Å². The third-order valence-corrected chi connectivity index (χ3v) is 4.63. The smallest absolute Gasteiger partial charge is 0.191 e. The van der Waals surface area contributed by atoms with E-state index in [1.165, 1.54) is 19.3 Å². The Morgan fingerprint density at radius 1 is 1.12 bits per heavy atom. The molecule has 1 fully saturated rings. The molecular weight excluding hydrogens is 419 g/mol. The van der Waals surface area contributed by atoms with E-state index in [-0.39, 0.29) is 24.0 Å². The molecule has 0 saturated heterocycles. The SMILES string of the molecule is CCNC(=NCC1(CCOC)CCC1)NCCN(C)CCOC.I. The second-order valence-electron chi connectivity index (χ2n) is 6.51. The van der Waals surface area contributed by atoms with Gasteiger partial charge in [0, 0.05) is 53.6 Å². The van der Waals surface area contributed by atoms with Gasteiger partial charge in [0.05, 0.1) is 6.61 Å². The molecule has 0 aromatic rings. The van der Waals surface area contributed by atoms with Gasteiger partial charge in [0.15, 0.2) is 5.96 Å². The molecule has 2 N–H and O–H groups in total. The summed E-state index contributed by atoms with van der Waals surface area (Å²) in [5, 5.41) is 6.77. The number of ether oxygens (including phenoxy) is 2. The standard InChI is InChI=1S/C17H36N4O2.HI/c1-5-18-16(19-10-11-21(2)12-14-23-4)20-15-17(7-6-8-17)9-13-22-3;/h5-15H2,1-4H3,(H2,18,19,20);1H. The number of guanidine groups is 1. The summed E-state index contributed by atoms with van der Waals surface area (Å²) >= 11 is 0. The molecule has 1 rings (SSSR count). The fourth-order valence-corrected chi connectivity index (χ4v) is 2.80. The van der Waals surface area contributed by atoms with E-state index in [0.29, 0.717) is 5.41 Å². The number of hydrogen-bond donors (Lipinski definition) is 2. The molecular formula is C17H37IN4O2. The van der Waals surface area contributed by atoms with E-state index in [2.05, 4.69) is 29.5 Å². The average molecular weight is 456 g/mol. The van der Waals surface area contributed by atoms with Crippen LogP contribution in [-0.4, -0.2) is 78.1 Å². The maximum absolute atomic E-state index is 5.26. The van der Waals surface area contributed by atoms with E-state index >= 15 is 0 Å². The van der Waals surface area contributed by atoms with Crippen molar-refractivity contribution >= 4 is 29.9 Å². The summed E-state index contributed by atoms with van der Waals surface area (Å²) in [5.74, 6) is 0.927. The lowest BCUT2D eigenvalue weighted by Crippen LogP contribution is -2.43. The molecule has 6 nitrogen and oxygen atoms in total. The minimum Gasteiger partial charge on any atom is -0.385 e. The highest BCUT2D eigenvalue weighted by Crippen LogP contribution is 2.44. The minimum atomic E-state index is 0. The van der Waals surface area contributed by atoms with Gasteiger partial charge in [-0.1, -0.05) is 6.42 Å². The van der Waals surface area contributed by atoms with Gasteiger partial charge in [-0.3, -0.25) is 4.99 Å². The molecule has 0 bridgehead atoms. The third kappa shape index (κ3) is 9.39. The van der Waals surface area contributed by atoms with Crippen LogP contribution < -0.4 is 10.6 Å². The number of methoxy groups -OCH3 is 2. The van der Waals surface area contributed by atoms with Crippen LogP contribution in [0.5, 0.6) is 0 Å². The molecule has 7 heteroatoms. The summed E-state index contributed by atoms with van der Waals surface area (Å²) in [6.45, 7) is 8.30. The zero-order valence-corrected chi connectivity index (χ0v) is 18.2. The third-order valence-electron chi connectivity index (χ3n) is 4.63. The Balaban J connectivity index is 0.00000529. The molecule has 0 aromatic carbocycles. The van der Waals surface area contributed by atoms with Crippen LogP contribution in [0.25, 0.3) is 0 Å². The fraction of sp³-hybridized carbons (Fsp3) is 0.941. The number of nitrogens with one attached hydrogen (secondary N) is 2. The normalized spacial score (nSPS) is 16.5. The van der Waals surface area contributed by atoms with Crippen LogP contribution in [0.2, 0.25) is 0 Å². The van der Waals surface area contributed by atoms with Crippen molar-refractivity contribution in [3.8, 4) is 0 Å². The van der Waals surface area contributed by atoms with Crippen molar-refractivity contribution in [3.63, 3.8) is 0 Å². The molecule has 0 unspecified atom stereocenters. The molecule has 0 amide bonds. The Hall–Kier alpha value is -0.120. The first-order valence-electron chi connectivity index (χ1n) is 8.84. The molecule has 0 aliphatic heterocycles. The number of rotatable bonds is 12. The van der Waals surface area contributed by atoms with Gasteiger partial charge in [-0.25, -0.2) is 0 Å². The fourth-order valence-electron chi connectivity index (χ4n) is 2.80. The van der Waals surface area contributed by atoms with Crippen molar-refractivity contribution in [2.45, 2.75) is 32.6 Å². The van der Waals surface area contributed by atoms with Gasteiger partial charge in [0.25, 0.3) is 0 Å². The number of halogens is 1. The monoisotopic (exact) mass is 456 g/mol. The maximum atomic E-state index is 5.26. The molecule has 1 saturated carbocycles. The van der Waals surface area contributed by atoms with Crippen molar-refractivity contribution in [2.75, 3.05) is 67.2 Å². The average Bonchev–Trinajstić information content (AvgIpc) is 2.51. The Morgan fingerprint density at radius 3 is 2.38 bits per heavy atom. The largest absolute Gasteiger partial charge is 0.385 e. The summed E-state index contributed by atoms with van der Waals surface area (Å²) in [4.78, 5) is 7.07. The predicted molar refractivity (Wildman–Crippen MR) is 112 cm³/mol. The van der Waals surface area contributed by atoms with E-state index < -0.39 is 0 Å². The summed E-state index contributed by atoms with van der Waals surface area (Å²) < 4.78 is 10.4. The van der Waals surface area contributed by atoms with E-state index in [1.807, 2.05) is 0 Å². The van der Waals surface area contributed by atoms with E-state index in [1.54, 1.807) is 14.2 Å². The molecule has 0 aromatic heterocycles. The van der Waals surface area contributed by atoms with Crippen molar-refractivity contribution in [2.24, 2.45) is 10.4 Å². The van der Waals surface area contributed by atoms with Crippen LogP contribution in [-0.2, 0) is 9.47 Å². The number of aliphatic imine (C=N–C) groups is 1. The van der Waals surface area contributed by atoms with E-state index in [4.69, 9.17) is 14.5 Å². The Labute approximate surface area is 165 Å². The number of hydrogen-bond acceptors (Lipinski definition) is 4. The second kappa shape index (κ2) is 14.1. The maximum Gasteiger partial charge on any atom is 0.191 e. The van der Waals surface area contributed by atoms with Crippen LogP contribution >= 0.6 is 24.0 Å². The summed E-state index contributed by atoms with van der Waals surface area (Å²) in [7, 11) is 5.63. The van der Waals surface area contributed by atoms with E-state index in [0.717, 1.165) is 58.3 Å². The lowest BCUT2D eigenvalue weighted by atomic mass is 9.67. The molecule has 0 heterocycles. The van der Waals surface area contributed by atoms with Gasteiger partial charge >= 0.3 is 0 Å². The van der Waals surface area contributed by atoms with Crippen LogP contribution in [0.4, 0.5) is 0 Å². The van der Waals surface area contributed by atoms with Crippen LogP contribution in [0, 0.1) is 5.41 Å². The second-order valence-corrected chi connectivity index (χ2v) is 6.51. The van der Waals surface area contributed by atoms with Crippen LogP contribution in [0.1, 0.15) is 32.6 Å². The van der Waals surface area contributed by atoms with E-state index in [9.17, 15) is 0 Å².